The second-order valence-electron chi connectivity index (χ2n) is 5.19. The molecule has 2 aromatic rings. The van der Waals surface area contributed by atoms with Crippen molar-refractivity contribution in [3.05, 3.63) is 45.9 Å². The van der Waals surface area contributed by atoms with Crippen molar-refractivity contribution in [3.8, 4) is 5.75 Å². The zero-order valence-corrected chi connectivity index (χ0v) is 14.7. The lowest BCUT2D eigenvalue weighted by atomic mass is 10.2. The lowest BCUT2D eigenvalue weighted by Gasteiger charge is -2.12. The second kappa shape index (κ2) is 9.15. The summed E-state index contributed by atoms with van der Waals surface area (Å²) in [5.41, 5.74) is 2.26. The van der Waals surface area contributed by atoms with E-state index in [0.29, 0.717) is 6.54 Å². The summed E-state index contributed by atoms with van der Waals surface area (Å²) in [6.07, 6.45) is 2.03. The Hall–Kier alpha value is -2.08. The van der Waals surface area contributed by atoms with E-state index >= 15 is 0 Å². The van der Waals surface area contributed by atoms with Crippen LogP contribution in [-0.2, 0) is 13.0 Å². The van der Waals surface area contributed by atoms with Gasteiger partial charge in [0.1, 0.15) is 5.75 Å². The van der Waals surface area contributed by atoms with E-state index in [1.165, 1.54) is 5.01 Å². The molecule has 0 bridgehead atoms. The van der Waals surface area contributed by atoms with Crippen LogP contribution < -0.4 is 15.4 Å². The van der Waals surface area contributed by atoms with Gasteiger partial charge in [0.2, 0.25) is 0 Å². The van der Waals surface area contributed by atoms with Crippen LogP contribution in [0.25, 0.3) is 0 Å². The summed E-state index contributed by atoms with van der Waals surface area (Å²) in [6, 6.07) is 8.01. The average Bonchev–Trinajstić information content (AvgIpc) is 2.99. The summed E-state index contributed by atoms with van der Waals surface area (Å²) in [5.74, 6) is 1.68. The third-order valence-corrected chi connectivity index (χ3v) is 4.37. The van der Waals surface area contributed by atoms with E-state index in [-0.39, 0.29) is 0 Å². The lowest BCUT2D eigenvalue weighted by Crippen LogP contribution is -2.37. The second-order valence-corrected chi connectivity index (χ2v) is 6.13. The third-order valence-electron chi connectivity index (χ3n) is 3.34. The topological polar surface area (TPSA) is 58.5 Å². The number of hydrogen-bond donors (Lipinski definition) is 2. The van der Waals surface area contributed by atoms with Crippen LogP contribution in [0.1, 0.15) is 22.7 Å². The number of aliphatic imine (C=N–C) groups is 1. The highest BCUT2D eigenvalue weighted by atomic mass is 32.1. The van der Waals surface area contributed by atoms with Gasteiger partial charge in [0, 0.05) is 37.6 Å². The molecule has 0 fully saturated rings. The monoisotopic (exact) mass is 332 g/mol. The van der Waals surface area contributed by atoms with E-state index < -0.39 is 0 Å². The highest BCUT2D eigenvalue weighted by Crippen LogP contribution is 2.12. The maximum absolute atomic E-state index is 5.23. The summed E-state index contributed by atoms with van der Waals surface area (Å²) in [7, 11) is 3.46. The number of hydrogen-bond acceptors (Lipinski definition) is 4. The first-order valence-electron chi connectivity index (χ1n) is 7.69. The first kappa shape index (κ1) is 17.3. The molecule has 0 radical (unpaired) electrons. The largest absolute Gasteiger partial charge is 0.497 e. The summed E-state index contributed by atoms with van der Waals surface area (Å²) >= 11 is 1.73. The highest BCUT2D eigenvalue weighted by Gasteiger charge is 2.01. The van der Waals surface area contributed by atoms with Gasteiger partial charge in [0.25, 0.3) is 0 Å². The zero-order chi connectivity index (χ0) is 16.5. The van der Waals surface area contributed by atoms with Crippen molar-refractivity contribution < 1.29 is 4.74 Å². The van der Waals surface area contributed by atoms with E-state index in [2.05, 4.69) is 32.1 Å². The number of benzene rings is 1. The molecule has 6 heteroatoms. The molecule has 5 nitrogen and oxygen atoms in total. The lowest BCUT2D eigenvalue weighted by molar-refractivity contribution is 0.414. The summed E-state index contributed by atoms with van der Waals surface area (Å²) < 4.78 is 5.23. The van der Waals surface area contributed by atoms with E-state index in [9.17, 15) is 0 Å². The number of aryl methyl sites for hydroxylation is 2. The number of guanidine groups is 1. The minimum absolute atomic E-state index is 0.711. The fourth-order valence-electron chi connectivity index (χ4n) is 2.15. The quantitative estimate of drug-likeness (QED) is 0.465. The summed E-state index contributed by atoms with van der Waals surface area (Å²) in [4.78, 5) is 8.72. The highest BCUT2D eigenvalue weighted by molar-refractivity contribution is 7.09. The molecule has 1 heterocycles. The van der Waals surface area contributed by atoms with Crippen molar-refractivity contribution in [2.45, 2.75) is 26.3 Å². The summed E-state index contributed by atoms with van der Waals surface area (Å²) in [6.45, 7) is 3.61. The number of nitrogens with one attached hydrogen (secondary N) is 2. The molecule has 0 saturated heterocycles. The van der Waals surface area contributed by atoms with Gasteiger partial charge in [-0.25, -0.2) is 4.98 Å². The molecule has 124 valence electrons. The van der Waals surface area contributed by atoms with Crippen LogP contribution >= 0.6 is 11.3 Å². The number of rotatable bonds is 7. The third kappa shape index (κ3) is 5.90. The van der Waals surface area contributed by atoms with Crippen LogP contribution in [0.5, 0.6) is 5.75 Å². The molecule has 0 unspecified atom stereocenters. The number of aromatic nitrogens is 1. The number of thiazole rings is 1. The van der Waals surface area contributed by atoms with E-state index in [0.717, 1.165) is 42.4 Å². The van der Waals surface area contributed by atoms with Crippen molar-refractivity contribution in [2.75, 3.05) is 20.7 Å². The maximum Gasteiger partial charge on any atom is 0.191 e. The van der Waals surface area contributed by atoms with E-state index in [4.69, 9.17) is 4.74 Å². The number of ether oxygens (including phenoxy) is 1. The molecule has 2 rings (SSSR count). The van der Waals surface area contributed by atoms with Crippen LogP contribution in [0.2, 0.25) is 0 Å². The molecule has 1 aromatic heterocycles. The van der Waals surface area contributed by atoms with Crippen LogP contribution in [0.15, 0.2) is 34.6 Å². The van der Waals surface area contributed by atoms with Crippen LogP contribution in [-0.4, -0.2) is 31.6 Å². The number of nitrogens with zero attached hydrogens (tertiary/aromatic N) is 2. The Balaban J connectivity index is 1.70. The van der Waals surface area contributed by atoms with Gasteiger partial charge in [0.05, 0.1) is 12.1 Å². The maximum atomic E-state index is 5.23. The SMILES string of the molecule is CN=C(NCCCc1nc(C)cs1)NCc1cccc(OC)c1. The molecule has 23 heavy (non-hydrogen) atoms. The predicted octanol–water partition coefficient (Wildman–Crippen LogP) is 2.76. The minimum atomic E-state index is 0.711. The smallest absolute Gasteiger partial charge is 0.191 e. The Labute approximate surface area is 141 Å². The molecule has 0 spiro atoms. The molecular formula is C17H24N4OS. The Morgan fingerprint density at radius 3 is 2.91 bits per heavy atom. The predicted molar refractivity (Wildman–Crippen MR) is 96.4 cm³/mol. The van der Waals surface area contributed by atoms with Crippen LogP contribution in [0.4, 0.5) is 0 Å². The van der Waals surface area contributed by atoms with Gasteiger partial charge in [-0.3, -0.25) is 4.99 Å². The molecule has 0 aliphatic carbocycles. The number of methoxy groups -OCH3 is 1. The molecule has 0 saturated carbocycles. The first-order valence-corrected chi connectivity index (χ1v) is 8.57. The molecule has 0 aliphatic rings. The van der Waals surface area contributed by atoms with Crippen molar-refractivity contribution in [2.24, 2.45) is 4.99 Å². The van der Waals surface area contributed by atoms with Gasteiger partial charge < -0.3 is 15.4 Å². The summed E-state index contributed by atoms with van der Waals surface area (Å²) in [5, 5.41) is 9.93. The van der Waals surface area contributed by atoms with Gasteiger partial charge in [-0.15, -0.1) is 11.3 Å². The fourth-order valence-corrected chi connectivity index (χ4v) is 2.97. The van der Waals surface area contributed by atoms with Gasteiger partial charge in [0.15, 0.2) is 5.96 Å². The van der Waals surface area contributed by atoms with Gasteiger partial charge in [-0.2, -0.15) is 0 Å². The van der Waals surface area contributed by atoms with Crippen LogP contribution in [0, 0.1) is 6.92 Å². The first-order chi connectivity index (χ1) is 11.2. The molecule has 0 atom stereocenters. The van der Waals surface area contributed by atoms with Crippen molar-refractivity contribution in [3.63, 3.8) is 0 Å². The van der Waals surface area contributed by atoms with E-state index in [1.807, 2.05) is 25.1 Å². The Bertz CT molecular complexity index is 639. The molecule has 1 aromatic carbocycles. The van der Waals surface area contributed by atoms with Crippen molar-refractivity contribution in [1.82, 2.24) is 15.6 Å². The normalized spacial score (nSPS) is 11.3. The van der Waals surface area contributed by atoms with Gasteiger partial charge in [-0.05, 0) is 31.0 Å². The Morgan fingerprint density at radius 1 is 1.35 bits per heavy atom. The van der Waals surface area contributed by atoms with Crippen molar-refractivity contribution >= 4 is 17.3 Å². The zero-order valence-electron chi connectivity index (χ0n) is 13.9. The molecule has 0 amide bonds. The average molecular weight is 332 g/mol. The van der Waals surface area contributed by atoms with Crippen LogP contribution in [0.3, 0.4) is 0 Å². The van der Waals surface area contributed by atoms with E-state index in [1.54, 1.807) is 25.5 Å². The standard InChI is InChI=1S/C17H24N4OS/c1-13-12-23-16(21-13)8-5-9-19-17(18-2)20-11-14-6-4-7-15(10-14)22-3/h4,6-7,10,12H,5,8-9,11H2,1-3H3,(H2,18,19,20). The molecule has 2 N–H and O–H groups in total. The van der Waals surface area contributed by atoms with Crippen molar-refractivity contribution in [1.29, 1.82) is 0 Å². The minimum Gasteiger partial charge on any atom is -0.497 e. The molecular weight excluding hydrogens is 308 g/mol. The molecule has 0 aliphatic heterocycles. The Morgan fingerprint density at radius 2 is 2.22 bits per heavy atom. The van der Waals surface area contributed by atoms with Gasteiger partial charge >= 0.3 is 0 Å². The fraction of sp³-hybridized carbons (Fsp3) is 0.412. The van der Waals surface area contributed by atoms with Gasteiger partial charge in [-0.1, -0.05) is 12.1 Å². The Kier molecular flexibility index (Phi) is 6.87.